The number of carbonyl (C=O) groups excluding carboxylic acids is 1. The van der Waals surface area contributed by atoms with Gasteiger partial charge >= 0.3 is 0 Å². The summed E-state index contributed by atoms with van der Waals surface area (Å²) in [6.07, 6.45) is 5.02. The van der Waals surface area contributed by atoms with Gasteiger partial charge in [-0.1, -0.05) is 13.8 Å². The number of nitrogens with one attached hydrogen (secondary N) is 1. The van der Waals surface area contributed by atoms with Crippen LogP contribution in [0.3, 0.4) is 0 Å². The van der Waals surface area contributed by atoms with E-state index in [0.717, 1.165) is 18.4 Å². The van der Waals surface area contributed by atoms with E-state index in [-0.39, 0.29) is 29.5 Å². The normalized spacial score (nSPS) is 11.2. The number of oxazole rings is 1. The summed E-state index contributed by atoms with van der Waals surface area (Å²) in [5.74, 6) is 0.598. The molecule has 23 heavy (non-hydrogen) atoms. The van der Waals surface area contributed by atoms with Gasteiger partial charge in [-0.2, -0.15) is 5.10 Å². The summed E-state index contributed by atoms with van der Waals surface area (Å²) < 4.78 is 7.22. The molecular weight excluding hydrogens is 318 g/mol. The molecule has 8 heteroatoms. The molecule has 0 bridgehead atoms. The van der Waals surface area contributed by atoms with Gasteiger partial charge in [-0.05, 0) is 19.8 Å². The van der Waals surface area contributed by atoms with E-state index >= 15 is 0 Å². The van der Waals surface area contributed by atoms with E-state index in [1.165, 1.54) is 0 Å². The zero-order chi connectivity index (χ0) is 16.3. The van der Waals surface area contributed by atoms with E-state index < -0.39 is 0 Å². The number of carbonyl (C=O) groups is 1. The first kappa shape index (κ1) is 19.2. The average Bonchev–Trinajstić information content (AvgIpc) is 3.10. The minimum absolute atomic E-state index is 0. The molecule has 1 amide bonds. The Balaban J connectivity index is 0.00000264. The Morgan fingerprint density at radius 1 is 1.43 bits per heavy atom. The van der Waals surface area contributed by atoms with E-state index in [2.05, 4.69) is 15.4 Å². The fourth-order valence-electron chi connectivity index (χ4n) is 2.10. The van der Waals surface area contributed by atoms with Crippen molar-refractivity contribution in [2.45, 2.75) is 39.2 Å². The van der Waals surface area contributed by atoms with Crippen LogP contribution in [0, 0.1) is 6.92 Å². The lowest BCUT2D eigenvalue weighted by Crippen LogP contribution is -2.49. The zero-order valence-corrected chi connectivity index (χ0v) is 14.7. The van der Waals surface area contributed by atoms with Crippen LogP contribution in [0.15, 0.2) is 16.8 Å². The molecule has 0 saturated heterocycles. The fraction of sp³-hybridized carbons (Fsp3) is 0.533. The highest BCUT2D eigenvalue weighted by molar-refractivity contribution is 5.93. The van der Waals surface area contributed by atoms with Gasteiger partial charge in [-0.15, -0.1) is 12.4 Å². The summed E-state index contributed by atoms with van der Waals surface area (Å²) in [7, 11) is 1.81. The van der Waals surface area contributed by atoms with Gasteiger partial charge in [-0.3, -0.25) is 9.48 Å². The number of nitrogens with zero attached hydrogens (tertiary/aromatic N) is 3. The van der Waals surface area contributed by atoms with Gasteiger partial charge in [0, 0.05) is 25.3 Å². The van der Waals surface area contributed by atoms with Crippen molar-refractivity contribution in [3.05, 3.63) is 23.8 Å². The Bertz CT molecular complexity index is 661. The molecule has 0 aliphatic carbocycles. The van der Waals surface area contributed by atoms with Crippen molar-refractivity contribution < 1.29 is 9.21 Å². The van der Waals surface area contributed by atoms with E-state index in [4.69, 9.17) is 10.2 Å². The molecule has 0 radical (unpaired) electrons. The fourth-order valence-corrected chi connectivity index (χ4v) is 2.10. The van der Waals surface area contributed by atoms with Crippen LogP contribution in [0.2, 0.25) is 0 Å². The highest BCUT2D eigenvalue weighted by Gasteiger charge is 2.24. The smallest absolute Gasteiger partial charge is 0.273 e. The minimum atomic E-state index is -0.389. The van der Waals surface area contributed by atoms with Crippen LogP contribution in [0.4, 0.5) is 0 Å². The standard InChI is InChI=1S/C15H23N5O2.ClH/c1-5-15(16,6-2)9-17-13(21)12-10(3)22-14(19-12)11-7-18-20(4)8-11;/h7-8H,5-6,9,16H2,1-4H3,(H,17,21);1H. The van der Waals surface area contributed by atoms with Crippen LogP contribution >= 0.6 is 12.4 Å². The highest BCUT2D eigenvalue weighted by Crippen LogP contribution is 2.21. The molecule has 0 atom stereocenters. The van der Waals surface area contributed by atoms with E-state index in [9.17, 15) is 4.79 Å². The molecule has 2 aromatic rings. The second kappa shape index (κ2) is 7.61. The van der Waals surface area contributed by atoms with E-state index in [1.54, 1.807) is 24.0 Å². The van der Waals surface area contributed by atoms with Crippen molar-refractivity contribution in [1.29, 1.82) is 0 Å². The van der Waals surface area contributed by atoms with Crippen LogP contribution in [-0.4, -0.2) is 32.8 Å². The van der Waals surface area contributed by atoms with Gasteiger partial charge in [0.15, 0.2) is 5.69 Å². The molecule has 2 rings (SSSR count). The molecule has 0 fully saturated rings. The van der Waals surface area contributed by atoms with Crippen LogP contribution < -0.4 is 11.1 Å². The largest absolute Gasteiger partial charge is 0.440 e. The number of halogens is 1. The number of aryl methyl sites for hydroxylation is 2. The Kier molecular flexibility index (Phi) is 6.35. The predicted octanol–water partition coefficient (Wildman–Crippen LogP) is 2.05. The van der Waals surface area contributed by atoms with Gasteiger partial charge in [0.25, 0.3) is 5.91 Å². The first-order valence-corrected chi connectivity index (χ1v) is 7.42. The van der Waals surface area contributed by atoms with Gasteiger partial charge in [0.05, 0.1) is 11.8 Å². The van der Waals surface area contributed by atoms with Gasteiger partial charge in [0.2, 0.25) is 5.89 Å². The molecular formula is C15H24ClN5O2. The lowest BCUT2D eigenvalue weighted by Gasteiger charge is -2.26. The molecule has 3 N–H and O–H groups in total. The van der Waals surface area contributed by atoms with Gasteiger partial charge in [-0.25, -0.2) is 4.98 Å². The Morgan fingerprint density at radius 3 is 2.61 bits per heavy atom. The summed E-state index contributed by atoms with van der Waals surface area (Å²) >= 11 is 0. The average molecular weight is 342 g/mol. The SMILES string of the molecule is CCC(N)(CC)CNC(=O)c1nc(-c2cnn(C)c2)oc1C.Cl. The number of aromatic nitrogens is 3. The van der Waals surface area contributed by atoms with Crippen LogP contribution in [-0.2, 0) is 7.05 Å². The third-order valence-electron chi connectivity index (χ3n) is 3.97. The molecule has 0 unspecified atom stereocenters. The number of hydrogen-bond donors (Lipinski definition) is 2. The maximum atomic E-state index is 12.3. The summed E-state index contributed by atoms with van der Waals surface area (Å²) in [5, 5.41) is 6.91. The maximum absolute atomic E-state index is 12.3. The van der Waals surface area contributed by atoms with Gasteiger partial charge in [0.1, 0.15) is 5.76 Å². The van der Waals surface area contributed by atoms with Crippen molar-refractivity contribution in [3.8, 4) is 11.5 Å². The second-order valence-electron chi connectivity index (χ2n) is 5.58. The lowest BCUT2D eigenvalue weighted by atomic mass is 9.94. The van der Waals surface area contributed by atoms with Gasteiger partial charge < -0.3 is 15.5 Å². The lowest BCUT2D eigenvalue weighted by molar-refractivity contribution is 0.0936. The molecule has 7 nitrogen and oxygen atoms in total. The molecule has 2 aromatic heterocycles. The summed E-state index contributed by atoms with van der Waals surface area (Å²) in [5.41, 5.74) is 6.82. The highest BCUT2D eigenvalue weighted by atomic mass is 35.5. The van der Waals surface area contributed by atoms with Crippen LogP contribution in [0.25, 0.3) is 11.5 Å². The molecule has 0 aliphatic rings. The zero-order valence-electron chi connectivity index (χ0n) is 13.9. The topological polar surface area (TPSA) is 99.0 Å². The first-order valence-electron chi connectivity index (χ1n) is 7.42. The van der Waals surface area contributed by atoms with Crippen molar-refractivity contribution in [1.82, 2.24) is 20.1 Å². The molecule has 0 saturated carbocycles. The third-order valence-corrected chi connectivity index (χ3v) is 3.97. The summed E-state index contributed by atoms with van der Waals surface area (Å²) in [6, 6.07) is 0. The third kappa shape index (κ3) is 4.33. The van der Waals surface area contributed by atoms with Crippen molar-refractivity contribution in [2.75, 3.05) is 6.54 Å². The Morgan fingerprint density at radius 2 is 2.09 bits per heavy atom. The van der Waals surface area contributed by atoms with Crippen molar-refractivity contribution >= 4 is 18.3 Å². The molecule has 0 aliphatic heterocycles. The number of amides is 1. The van der Waals surface area contributed by atoms with Crippen LogP contribution in [0.1, 0.15) is 42.9 Å². The Labute approximate surface area is 142 Å². The van der Waals surface area contributed by atoms with Crippen molar-refractivity contribution in [3.63, 3.8) is 0 Å². The van der Waals surface area contributed by atoms with Crippen LogP contribution in [0.5, 0.6) is 0 Å². The molecule has 128 valence electrons. The quantitative estimate of drug-likeness (QED) is 0.837. The number of hydrogen-bond acceptors (Lipinski definition) is 5. The number of nitrogens with two attached hydrogens (primary N) is 1. The van der Waals surface area contributed by atoms with E-state index in [1.807, 2.05) is 20.9 Å². The molecule has 2 heterocycles. The Hall–Kier alpha value is -1.86. The molecule has 0 spiro atoms. The predicted molar refractivity (Wildman–Crippen MR) is 90.5 cm³/mol. The summed E-state index contributed by atoms with van der Waals surface area (Å²) in [6.45, 7) is 6.15. The number of rotatable bonds is 6. The molecule has 0 aromatic carbocycles. The van der Waals surface area contributed by atoms with Crippen molar-refractivity contribution in [2.24, 2.45) is 12.8 Å². The monoisotopic (exact) mass is 341 g/mol. The minimum Gasteiger partial charge on any atom is -0.440 e. The summed E-state index contributed by atoms with van der Waals surface area (Å²) in [4.78, 5) is 16.6. The second-order valence-corrected chi connectivity index (χ2v) is 5.58. The van der Waals surface area contributed by atoms with E-state index in [0.29, 0.717) is 18.2 Å². The maximum Gasteiger partial charge on any atom is 0.273 e. The first-order chi connectivity index (χ1) is 10.4.